The van der Waals surface area contributed by atoms with Crippen molar-refractivity contribution in [3.05, 3.63) is 16.8 Å². The number of aryl methyl sites for hydroxylation is 1. The molecule has 1 aliphatic heterocycles. The molecule has 1 aromatic rings. The molecule has 1 aliphatic rings. The molecule has 5 nitrogen and oxygen atoms in total. The second kappa shape index (κ2) is 7.26. The van der Waals surface area contributed by atoms with Crippen molar-refractivity contribution in [2.24, 2.45) is 5.73 Å². The summed E-state index contributed by atoms with van der Waals surface area (Å²) in [6.07, 6.45) is 3.40. The summed E-state index contributed by atoms with van der Waals surface area (Å²) in [4.78, 5) is 0.360. The summed E-state index contributed by atoms with van der Waals surface area (Å²) in [7, 11) is -0.671. The van der Waals surface area contributed by atoms with E-state index >= 15 is 0 Å². The molecule has 0 bridgehead atoms. The van der Waals surface area contributed by atoms with Gasteiger partial charge in [0.25, 0.3) is 0 Å². The molecule has 0 aliphatic carbocycles. The van der Waals surface area contributed by atoms with Crippen LogP contribution in [0.3, 0.4) is 0 Å². The van der Waals surface area contributed by atoms with Gasteiger partial charge in [-0.25, -0.2) is 0 Å². The fraction of sp³-hybridized carbons (Fsp3) is 0.643. The van der Waals surface area contributed by atoms with E-state index in [1.54, 1.807) is 0 Å². The Morgan fingerprint density at radius 3 is 2.52 bits per heavy atom. The molecule has 0 aromatic carbocycles. The van der Waals surface area contributed by atoms with Gasteiger partial charge >= 0.3 is 0 Å². The highest BCUT2D eigenvalue weighted by Crippen LogP contribution is 2.23. The van der Waals surface area contributed by atoms with Crippen molar-refractivity contribution >= 4 is 33.8 Å². The highest BCUT2D eigenvalue weighted by molar-refractivity contribution is 7.85. The molecule has 21 heavy (non-hydrogen) atoms. The minimum absolute atomic E-state index is 0.266. The van der Waals surface area contributed by atoms with Gasteiger partial charge in [0.05, 0.1) is 11.3 Å². The Morgan fingerprint density at radius 2 is 2.00 bits per heavy atom. The number of anilines is 1. The van der Waals surface area contributed by atoms with E-state index in [0.29, 0.717) is 10.8 Å². The molecule has 0 unspecified atom stereocenters. The number of aromatic nitrogens is 2. The van der Waals surface area contributed by atoms with Gasteiger partial charge in [-0.1, -0.05) is 26.1 Å². The van der Waals surface area contributed by atoms with Crippen LogP contribution in [0.25, 0.3) is 0 Å². The number of nitrogens with one attached hydrogen (secondary N) is 1. The second-order valence-electron chi connectivity index (χ2n) is 5.19. The molecule has 2 heterocycles. The van der Waals surface area contributed by atoms with Crippen molar-refractivity contribution in [3.8, 4) is 0 Å². The molecule has 2 rings (SSSR count). The zero-order chi connectivity index (χ0) is 15.4. The Hall–Kier alpha value is -1.08. The minimum Gasteiger partial charge on any atom is -0.389 e. The highest BCUT2D eigenvalue weighted by Gasteiger charge is 2.22. The van der Waals surface area contributed by atoms with Crippen molar-refractivity contribution in [2.75, 3.05) is 16.8 Å². The van der Waals surface area contributed by atoms with Crippen LogP contribution in [0, 0.1) is 0 Å². The standard InChI is InChI=1S/C14H22N4OS2/c1-3-10-11(4-2)17-18-14(12(10)13(15)20)16-9-5-7-21(19)8-6-9/h9H,3-8H2,1-2H3,(H2,15,20)(H,16,18). The third-order valence-corrected chi connectivity index (χ3v) is 5.41. The van der Waals surface area contributed by atoms with Gasteiger partial charge in [-0.15, -0.1) is 5.10 Å². The lowest BCUT2D eigenvalue weighted by molar-refractivity contribution is 0.621. The first-order chi connectivity index (χ1) is 10.1. The third kappa shape index (κ3) is 3.77. The summed E-state index contributed by atoms with van der Waals surface area (Å²) in [5, 5.41) is 12.0. The van der Waals surface area contributed by atoms with Crippen LogP contribution in [-0.2, 0) is 23.6 Å². The lowest BCUT2D eigenvalue weighted by Gasteiger charge is -2.24. The average molecular weight is 326 g/mol. The summed E-state index contributed by atoms with van der Waals surface area (Å²) in [6.45, 7) is 4.13. The van der Waals surface area contributed by atoms with E-state index in [2.05, 4.69) is 29.4 Å². The minimum atomic E-state index is -0.671. The van der Waals surface area contributed by atoms with Crippen LogP contribution in [0.2, 0.25) is 0 Å². The monoisotopic (exact) mass is 326 g/mol. The van der Waals surface area contributed by atoms with Gasteiger partial charge in [-0.3, -0.25) is 4.21 Å². The van der Waals surface area contributed by atoms with Crippen molar-refractivity contribution in [2.45, 2.75) is 45.6 Å². The largest absolute Gasteiger partial charge is 0.389 e. The van der Waals surface area contributed by atoms with E-state index in [9.17, 15) is 4.21 Å². The zero-order valence-corrected chi connectivity index (χ0v) is 14.1. The molecule has 0 radical (unpaired) electrons. The number of thiocarbonyl (C=S) groups is 1. The molecule has 1 aromatic heterocycles. The lowest BCUT2D eigenvalue weighted by Crippen LogP contribution is -2.31. The first kappa shape index (κ1) is 16.3. The molecular formula is C14H22N4OS2. The quantitative estimate of drug-likeness (QED) is 0.799. The number of hydrogen-bond acceptors (Lipinski definition) is 5. The van der Waals surface area contributed by atoms with E-state index < -0.39 is 10.8 Å². The molecule has 1 saturated heterocycles. The Bertz CT molecular complexity index is 552. The van der Waals surface area contributed by atoms with E-state index in [1.807, 2.05) is 0 Å². The zero-order valence-electron chi connectivity index (χ0n) is 12.5. The van der Waals surface area contributed by atoms with Crippen LogP contribution < -0.4 is 11.1 Å². The Labute approximate surface area is 133 Å². The maximum absolute atomic E-state index is 11.4. The first-order valence-corrected chi connectivity index (χ1v) is 9.26. The molecular weight excluding hydrogens is 304 g/mol. The van der Waals surface area contributed by atoms with Crippen molar-refractivity contribution in [1.82, 2.24) is 10.2 Å². The fourth-order valence-electron chi connectivity index (χ4n) is 2.67. The van der Waals surface area contributed by atoms with E-state index in [1.165, 1.54) is 0 Å². The summed E-state index contributed by atoms with van der Waals surface area (Å²) < 4.78 is 11.4. The Kier molecular flexibility index (Phi) is 5.64. The summed E-state index contributed by atoms with van der Waals surface area (Å²) in [5.41, 5.74) is 8.78. The molecule has 0 saturated carbocycles. The van der Waals surface area contributed by atoms with Gasteiger partial charge in [0.1, 0.15) is 4.99 Å². The predicted molar refractivity (Wildman–Crippen MR) is 91.2 cm³/mol. The van der Waals surface area contributed by atoms with Crippen LogP contribution in [0.1, 0.15) is 43.5 Å². The normalized spacial score (nSPS) is 22.0. The van der Waals surface area contributed by atoms with Gasteiger partial charge < -0.3 is 11.1 Å². The van der Waals surface area contributed by atoms with E-state index in [-0.39, 0.29) is 6.04 Å². The molecule has 7 heteroatoms. The lowest BCUT2D eigenvalue weighted by atomic mass is 10.0. The first-order valence-electron chi connectivity index (χ1n) is 7.36. The van der Waals surface area contributed by atoms with E-state index in [0.717, 1.165) is 54.0 Å². The van der Waals surface area contributed by atoms with Crippen LogP contribution in [0.5, 0.6) is 0 Å². The van der Waals surface area contributed by atoms with Crippen LogP contribution in [-0.4, -0.2) is 36.9 Å². The second-order valence-corrected chi connectivity index (χ2v) is 7.32. The molecule has 0 amide bonds. The average Bonchev–Trinajstić information content (AvgIpc) is 2.48. The molecule has 3 N–H and O–H groups in total. The van der Waals surface area contributed by atoms with Gasteiger partial charge in [0.2, 0.25) is 0 Å². The molecule has 0 spiro atoms. The molecule has 1 fully saturated rings. The fourth-order valence-corrected chi connectivity index (χ4v) is 4.19. The van der Waals surface area contributed by atoms with Gasteiger partial charge in [-0.2, -0.15) is 5.10 Å². The summed E-state index contributed by atoms with van der Waals surface area (Å²) in [6, 6.07) is 0.266. The smallest absolute Gasteiger partial charge is 0.159 e. The predicted octanol–water partition coefficient (Wildman–Crippen LogP) is 1.56. The summed E-state index contributed by atoms with van der Waals surface area (Å²) in [5.74, 6) is 2.15. The maximum Gasteiger partial charge on any atom is 0.159 e. The third-order valence-electron chi connectivity index (χ3n) is 3.82. The van der Waals surface area contributed by atoms with E-state index in [4.69, 9.17) is 18.0 Å². The number of rotatable bonds is 5. The maximum atomic E-state index is 11.4. The van der Waals surface area contributed by atoms with Crippen LogP contribution in [0.4, 0.5) is 5.82 Å². The number of nitrogens with zero attached hydrogens (tertiary/aromatic N) is 2. The highest BCUT2D eigenvalue weighted by atomic mass is 32.2. The van der Waals surface area contributed by atoms with Crippen molar-refractivity contribution < 1.29 is 4.21 Å². The molecule has 0 atom stereocenters. The van der Waals surface area contributed by atoms with Crippen LogP contribution in [0.15, 0.2) is 0 Å². The van der Waals surface area contributed by atoms with Gasteiger partial charge in [0, 0.05) is 28.3 Å². The topological polar surface area (TPSA) is 80.9 Å². The van der Waals surface area contributed by atoms with Crippen molar-refractivity contribution in [3.63, 3.8) is 0 Å². The Morgan fingerprint density at radius 1 is 1.33 bits per heavy atom. The SMILES string of the molecule is CCc1nnc(NC2CCS(=O)CC2)c(C(N)=S)c1CC. The number of nitrogens with two attached hydrogens (primary N) is 1. The number of hydrogen-bond donors (Lipinski definition) is 2. The molecule has 116 valence electrons. The van der Waals surface area contributed by atoms with Crippen LogP contribution >= 0.6 is 12.2 Å². The van der Waals surface area contributed by atoms with Gasteiger partial charge in [-0.05, 0) is 31.2 Å². The summed E-state index contributed by atoms with van der Waals surface area (Å²) >= 11 is 5.22. The van der Waals surface area contributed by atoms with Gasteiger partial charge in [0.15, 0.2) is 5.82 Å². The van der Waals surface area contributed by atoms with Crippen molar-refractivity contribution in [1.29, 1.82) is 0 Å². The Balaban J connectivity index is 2.30.